The predicted molar refractivity (Wildman–Crippen MR) is 153 cm³/mol. The Morgan fingerprint density at radius 2 is 1.67 bits per heavy atom. The summed E-state index contributed by atoms with van der Waals surface area (Å²) < 4.78 is 19.3. The molecule has 206 valence electrons. The summed E-state index contributed by atoms with van der Waals surface area (Å²) in [7, 11) is 0. The molecule has 2 aromatic heterocycles. The first kappa shape index (κ1) is 26.9. The van der Waals surface area contributed by atoms with Gasteiger partial charge in [-0.25, -0.2) is 19.2 Å². The molecule has 1 aromatic carbocycles. The number of aromatic nitrogens is 2. The summed E-state index contributed by atoms with van der Waals surface area (Å²) in [5.74, 6) is 1.43. The number of anilines is 2. The van der Waals surface area contributed by atoms with Crippen molar-refractivity contribution in [2.45, 2.75) is 64.5 Å². The van der Waals surface area contributed by atoms with Crippen LogP contribution in [0.15, 0.2) is 54.7 Å². The topological polar surface area (TPSA) is 70.6 Å². The molecule has 2 fully saturated rings. The Morgan fingerprint density at radius 1 is 0.949 bits per heavy atom. The minimum atomic E-state index is -0.518. The number of nitrogens with zero attached hydrogens (tertiary/aromatic N) is 4. The summed E-state index contributed by atoms with van der Waals surface area (Å²) in [5, 5.41) is 3.62. The van der Waals surface area contributed by atoms with Crippen LogP contribution in [0.3, 0.4) is 0 Å². The fourth-order valence-corrected chi connectivity index (χ4v) is 5.26. The number of benzene rings is 1. The monoisotopic (exact) mass is 531 g/mol. The van der Waals surface area contributed by atoms with Crippen molar-refractivity contribution in [1.29, 1.82) is 0 Å². The molecule has 8 heteroatoms. The molecular formula is C31H38FN5O2. The highest BCUT2D eigenvalue weighted by Gasteiger charge is 2.27. The van der Waals surface area contributed by atoms with E-state index in [2.05, 4.69) is 27.3 Å². The standard InChI is InChI=1S/C31H38FN5O2/c1-31(2,3)39-30(38)37-19-17-36(18-20-37)28-14-13-26(22-9-11-24(32)12-10-22)29(35-28)23-15-16-33-27(21-23)34-25-7-5-4-6-8-25/h9-16,21,25H,4-8,17-20H2,1-3H3,(H,33,34). The lowest BCUT2D eigenvalue weighted by molar-refractivity contribution is 0.0240. The van der Waals surface area contributed by atoms with Crippen LogP contribution >= 0.6 is 0 Å². The van der Waals surface area contributed by atoms with Crippen LogP contribution in [-0.2, 0) is 4.74 Å². The molecule has 0 spiro atoms. The second kappa shape index (κ2) is 11.6. The lowest BCUT2D eigenvalue weighted by atomic mass is 9.95. The summed E-state index contributed by atoms with van der Waals surface area (Å²) in [6.45, 7) is 8.09. The number of rotatable bonds is 5. The van der Waals surface area contributed by atoms with Gasteiger partial charge in [-0.05, 0) is 75.6 Å². The van der Waals surface area contributed by atoms with Crippen LogP contribution in [0.1, 0.15) is 52.9 Å². The Kier molecular flexibility index (Phi) is 8.00. The number of carbonyl (C=O) groups is 1. The van der Waals surface area contributed by atoms with Crippen molar-refractivity contribution in [2.24, 2.45) is 0 Å². The van der Waals surface area contributed by atoms with E-state index in [9.17, 15) is 9.18 Å². The zero-order valence-electron chi connectivity index (χ0n) is 23.1. The molecule has 1 saturated heterocycles. The van der Waals surface area contributed by atoms with E-state index >= 15 is 0 Å². The largest absolute Gasteiger partial charge is 0.444 e. The molecule has 1 N–H and O–H groups in total. The molecule has 1 amide bonds. The van der Waals surface area contributed by atoms with E-state index < -0.39 is 5.60 Å². The molecule has 0 atom stereocenters. The molecule has 1 saturated carbocycles. The molecule has 0 unspecified atom stereocenters. The maximum absolute atomic E-state index is 13.7. The van der Waals surface area contributed by atoms with Gasteiger partial charge < -0.3 is 19.9 Å². The maximum atomic E-state index is 13.7. The minimum Gasteiger partial charge on any atom is -0.444 e. The first-order valence-corrected chi connectivity index (χ1v) is 14.0. The van der Waals surface area contributed by atoms with Gasteiger partial charge in [0.2, 0.25) is 0 Å². The zero-order chi connectivity index (χ0) is 27.4. The van der Waals surface area contributed by atoms with Crippen molar-refractivity contribution in [3.05, 3.63) is 60.5 Å². The number of pyridine rings is 2. The fourth-order valence-electron chi connectivity index (χ4n) is 5.26. The number of nitrogens with one attached hydrogen (secondary N) is 1. The van der Waals surface area contributed by atoms with Gasteiger partial charge in [-0.15, -0.1) is 0 Å². The lowest BCUT2D eigenvalue weighted by Gasteiger charge is -2.36. The second-order valence-electron chi connectivity index (χ2n) is 11.4. The van der Waals surface area contributed by atoms with E-state index in [0.29, 0.717) is 32.2 Å². The maximum Gasteiger partial charge on any atom is 0.410 e. The highest BCUT2D eigenvalue weighted by atomic mass is 19.1. The summed E-state index contributed by atoms with van der Waals surface area (Å²) in [6, 6.07) is 15.1. The molecule has 0 bridgehead atoms. The molecule has 1 aliphatic heterocycles. The van der Waals surface area contributed by atoms with Gasteiger partial charge in [0.05, 0.1) is 5.69 Å². The molecule has 1 aliphatic carbocycles. The van der Waals surface area contributed by atoms with Crippen LogP contribution in [-0.4, -0.2) is 58.8 Å². The van der Waals surface area contributed by atoms with Crippen LogP contribution in [0.5, 0.6) is 0 Å². The van der Waals surface area contributed by atoms with Crippen molar-refractivity contribution in [3.63, 3.8) is 0 Å². The van der Waals surface area contributed by atoms with Crippen LogP contribution in [0, 0.1) is 5.82 Å². The number of hydrogen-bond donors (Lipinski definition) is 1. The molecule has 7 nitrogen and oxygen atoms in total. The van der Waals surface area contributed by atoms with Gasteiger partial charge in [-0.3, -0.25) is 0 Å². The fraction of sp³-hybridized carbons (Fsp3) is 0.452. The van der Waals surface area contributed by atoms with Crippen molar-refractivity contribution in [3.8, 4) is 22.4 Å². The summed E-state index contributed by atoms with van der Waals surface area (Å²) in [6.07, 6.45) is 7.66. The van der Waals surface area contributed by atoms with Gasteiger partial charge in [0.25, 0.3) is 0 Å². The highest BCUT2D eigenvalue weighted by molar-refractivity contribution is 5.82. The SMILES string of the molecule is CC(C)(C)OC(=O)N1CCN(c2ccc(-c3ccc(F)cc3)c(-c3ccnc(NC4CCCCC4)c3)n2)CC1. The van der Waals surface area contributed by atoms with Crippen molar-refractivity contribution in [1.82, 2.24) is 14.9 Å². The van der Waals surface area contributed by atoms with Crippen molar-refractivity contribution >= 4 is 17.7 Å². The van der Waals surface area contributed by atoms with E-state index in [4.69, 9.17) is 9.72 Å². The number of amides is 1. The number of ether oxygens (including phenoxy) is 1. The molecule has 2 aliphatic rings. The van der Waals surface area contributed by atoms with E-state index in [1.54, 1.807) is 17.0 Å². The zero-order valence-corrected chi connectivity index (χ0v) is 23.1. The van der Waals surface area contributed by atoms with Gasteiger partial charge in [-0.1, -0.05) is 31.4 Å². The van der Waals surface area contributed by atoms with Gasteiger partial charge in [-0.2, -0.15) is 0 Å². The molecule has 5 rings (SSSR count). The first-order valence-electron chi connectivity index (χ1n) is 14.0. The second-order valence-corrected chi connectivity index (χ2v) is 11.4. The number of hydrogen-bond acceptors (Lipinski definition) is 6. The van der Waals surface area contributed by atoms with Crippen LogP contribution in [0.2, 0.25) is 0 Å². The van der Waals surface area contributed by atoms with Gasteiger partial charge in [0, 0.05) is 49.5 Å². The van der Waals surface area contributed by atoms with Crippen LogP contribution < -0.4 is 10.2 Å². The molecule has 3 aromatic rings. The Bertz CT molecular complexity index is 1280. The van der Waals surface area contributed by atoms with Gasteiger partial charge >= 0.3 is 6.09 Å². The smallest absolute Gasteiger partial charge is 0.410 e. The third-order valence-electron chi connectivity index (χ3n) is 7.28. The number of carbonyl (C=O) groups excluding carboxylic acids is 1. The Hall–Kier alpha value is -3.68. The Labute approximate surface area is 230 Å². The van der Waals surface area contributed by atoms with E-state index in [-0.39, 0.29) is 11.9 Å². The third-order valence-corrected chi connectivity index (χ3v) is 7.28. The average molecular weight is 532 g/mol. The molecule has 0 radical (unpaired) electrons. The Morgan fingerprint density at radius 3 is 2.36 bits per heavy atom. The summed E-state index contributed by atoms with van der Waals surface area (Å²) in [4.78, 5) is 26.2. The summed E-state index contributed by atoms with van der Waals surface area (Å²) in [5.41, 5.74) is 3.09. The number of halogens is 1. The van der Waals surface area contributed by atoms with Gasteiger partial charge in [0.1, 0.15) is 23.1 Å². The highest BCUT2D eigenvalue weighted by Crippen LogP contribution is 2.34. The third kappa shape index (κ3) is 6.85. The molecule has 3 heterocycles. The van der Waals surface area contributed by atoms with Gasteiger partial charge in [0.15, 0.2) is 0 Å². The normalized spacial score (nSPS) is 16.7. The average Bonchev–Trinajstić information content (AvgIpc) is 2.93. The molecular weight excluding hydrogens is 493 g/mol. The lowest BCUT2D eigenvalue weighted by Crippen LogP contribution is -2.50. The predicted octanol–water partition coefficient (Wildman–Crippen LogP) is 6.75. The van der Waals surface area contributed by atoms with E-state index in [0.717, 1.165) is 46.9 Å². The van der Waals surface area contributed by atoms with E-state index in [1.807, 2.05) is 39.1 Å². The number of piperazine rings is 1. The minimum absolute atomic E-state index is 0.268. The molecule has 39 heavy (non-hydrogen) atoms. The quantitative estimate of drug-likeness (QED) is 0.393. The Balaban J connectivity index is 1.41. The van der Waals surface area contributed by atoms with Crippen molar-refractivity contribution in [2.75, 3.05) is 36.4 Å². The van der Waals surface area contributed by atoms with Crippen LogP contribution in [0.4, 0.5) is 20.8 Å². The van der Waals surface area contributed by atoms with Crippen molar-refractivity contribution < 1.29 is 13.9 Å². The summed E-state index contributed by atoms with van der Waals surface area (Å²) >= 11 is 0. The first-order chi connectivity index (χ1) is 18.7. The van der Waals surface area contributed by atoms with Crippen LogP contribution in [0.25, 0.3) is 22.4 Å². The van der Waals surface area contributed by atoms with E-state index in [1.165, 1.54) is 31.4 Å².